The first-order valence-electron chi connectivity index (χ1n) is 8.70. The van der Waals surface area contributed by atoms with Crippen LogP contribution in [0.25, 0.3) is 0 Å². The van der Waals surface area contributed by atoms with Gasteiger partial charge in [-0.2, -0.15) is 23.4 Å². The van der Waals surface area contributed by atoms with Crippen molar-refractivity contribution in [1.29, 1.82) is 0 Å². The van der Waals surface area contributed by atoms with E-state index in [9.17, 15) is 22.8 Å². The Morgan fingerprint density at radius 1 is 1.10 bits per heavy atom. The van der Waals surface area contributed by atoms with Crippen LogP contribution in [0.15, 0.2) is 12.1 Å². The molecule has 160 valence electrons. The smallest absolute Gasteiger partial charge is 0.475 e. The van der Waals surface area contributed by atoms with Gasteiger partial charge in [0.1, 0.15) is 5.41 Å². The van der Waals surface area contributed by atoms with Gasteiger partial charge in [-0.15, -0.1) is 0 Å². The first-order chi connectivity index (χ1) is 13.1. The van der Waals surface area contributed by atoms with E-state index >= 15 is 0 Å². The Balaban J connectivity index is 0.000000370. The molecule has 12 heteroatoms. The summed E-state index contributed by atoms with van der Waals surface area (Å²) in [6.07, 6.45) is -2.46. The minimum absolute atomic E-state index is 0.289. The standard InChI is InChI=1S/C15H21N5O2.C2HF3O2/c1-13(2,17)9-3-4-10(20-19-9)15(7-8-15)18-12(22)14(5-6-14)11(16)21;3-2(4,5)1(6)7/h3-4H,5-8,17H2,1-2H3,(H2,16,21)(H,18,22);(H,6,7). The number of carboxylic acids is 1. The summed E-state index contributed by atoms with van der Waals surface area (Å²) in [5, 5.41) is 18.5. The normalized spacial score (nSPS) is 18.7. The van der Waals surface area contributed by atoms with Crippen molar-refractivity contribution in [1.82, 2.24) is 15.5 Å². The number of primary amides is 1. The van der Waals surface area contributed by atoms with Gasteiger partial charge in [0.15, 0.2) is 0 Å². The summed E-state index contributed by atoms with van der Waals surface area (Å²) < 4.78 is 31.7. The molecule has 3 rings (SSSR count). The van der Waals surface area contributed by atoms with Crippen LogP contribution in [0.5, 0.6) is 0 Å². The molecule has 1 aromatic heterocycles. The van der Waals surface area contributed by atoms with Gasteiger partial charge in [0.2, 0.25) is 11.8 Å². The second-order valence-corrected chi connectivity index (χ2v) is 7.81. The summed E-state index contributed by atoms with van der Waals surface area (Å²) in [4.78, 5) is 32.7. The molecule has 2 amide bonds. The van der Waals surface area contributed by atoms with Gasteiger partial charge in [-0.1, -0.05) is 0 Å². The molecule has 0 bridgehead atoms. The number of aromatic nitrogens is 2. The van der Waals surface area contributed by atoms with Gasteiger partial charge in [0, 0.05) is 0 Å². The summed E-state index contributed by atoms with van der Waals surface area (Å²) in [7, 11) is 0. The predicted octanol–water partition coefficient (Wildman–Crippen LogP) is 0.675. The third-order valence-corrected chi connectivity index (χ3v) is 4.82. The topological polar surface area (TPSA) is 161 Å². The van der Waals surface area contributed by atoms with E-state index in [1.54, 1.807) is 0 Å². The van der Waals surface area contributed by atoms with Crippen LogP contribution in [0.2, 0.25) is 0 Å². The molecular weight excluding hydrogens is 395 g/mol. The second kappa shape index (κ2) is 7.25. The lowest BCUT2D eigenvalue weighted by atomic mass is 10.0. The molecule has 2 aliphatic rings. The highest BCUT2D eigenvalue weighted by molar-refractivity contribution is 6.07. The first kappa shape index (κ1) is 22.5. The second-order valence-electron chi connectivity index (χ2n) is 7.81. The molecule has 0 radical (unpaired) electrons. The van der Waals surface area contributed by atoms with Crippen molar-refractivity contribution < 1.29 is 32.7 Å². The minimum Gasteiger partial charge on any atom is -0.475 e. The van der Waals surface area contributed by atoms with Crippen LogP contribution in [0.4, 0.5) is 13.2 Å². The minimum atomic E-state index is -5.08. The van der Waals surface area contributed by atoms with Crippen molar-refractivity contribution in [3.8, 4) is 0 Å². The maximum atomic E-state index is 12.3. The Kier molecular flexibility index (Phi) is 5.63. The molecule has 2 fully saturated rings. The van der Waals surface area contributed by atoms with Gasteiger partial charge in [0.25, 0.3) is 0 Å². The number of carboxylic acid groups (broad SMARTS) is 1. The largest absolute Gasteiger partial charge is 0.490 e. The van der Waals surface area contributed by atoms with Crippen LogP contribution in [0.3, 0.4) is 0 Å². The SMILES string of the molecule is CC(C)(N)c1ccc(C2(NC(=O)C3(C(N)=O)CC3)CC2)nn1.O=C(O)C(F)(F)F. The Morgan fingerprint density at radius 2 is 1.62 bits per heavy atom. The fourth-order valence-corrected chi connectivity index (χ4v) is 2.55. The number of nitrogens with two attached hydrogens (primary N) is 2. The zero-order valence-electron chi connectivity index (χ0n) is 15.8. The quantitative estimate of drug-likeness (QED) is 0.512. The van der Waals surface area contributed by atoms with E-state index in [-0.39, 0.29) is 5.91 Å². The Hall–Kier alpha value is -2.76. The van der Waals surface area contributed by atoms with Gasteiger partial charge in [-0.3, -0.25) is 9.59 Å². The molecule has 0 spiro atoms. The Bertz CT molecular complexity index is 810. The molecule has 9 nitrogen and oxygen atoms in total. The zero-order valence-corrected chi connectivity index (χ0v) is 15.8. The zero-order chi connectivity index (χ0) is 22.3. The summed E-state index contributed by atoms with van der Waals surface area (Å²) in [6, 6.07) is 3.67. The Labute approximate surface area is 164 Å². The van der Waals surface area contributed by atoms with Crippen molar-refractivity contribution in [2.24, 2.45) is 16.9 Å². The van der Waals surface area contributed by atoms with E-state index in [0.717, 1.165) is 12.8 Å². The highest BCUT2D eigenvalue weighted by atomic mass is 19.4. The highest BCUT2D eigenvalue weighted by Gasteiger charge is 2.59. The van der Waals surface area contributed by atoms with Gasteiger partial charge >= 0.3 is 12.1 Å². The lowest BCUT2D eigenvalue weighted by molar-refractivity contribution is -0.192. The first-order valence-corrected chi connectivity index (χ1v) is 8.70. The summed E-state index contributed by atoms with van der Waals surface area (Å²) in [5.74, 6) is -3.60. The lowest BCUT2D eigenvalue weighted by Gasteiger charge is -2.21. The number of alkyl halides is 3. The monoisotopic (exact) mass is 417 g/mol. The van der Waals surface area contributed by atoms with Gasteiger partial charge in [-0.05, 0) is 51.7 Å². The van der Waals surface area contributed by atoms with Crippen molar-refractivity contribution in [2.45, 2.75) is 56.8 Å². The molecular formula is C17H22F3N5O4. The molecule has 1 aromatic rings. The molecule has 0 atom stereocenters. The number of carbonyl (C=O) groups excluding carboxylic acids is 2. The molecule has 6 N–H and O–H groups in total. The van der Waals surface area contributed by atoms with Crippen LogP contribution in [-0.4, -0.2) is 39.3 Å². The van der Waals surface area contributed by atoms with E-state index < -0.39 is 34.5 Å². The van der Waals surface area contributed by atoms with Crippen LogP contribution in [0, 0.1) is 5.41 Å². The molecule has 2 saturated carbocycles. The van der Waals surface area contributed by atoms with Crippen molar-refractivity contribution in [2.75, 3.05) is 0 Å². The fourth-order valence-electron chi connectivity index (χ4n) is 2.55. The third-order valence-electron chi connectivity index (χ3n) is 4.82. The fraction of sp³-hybridized carbons (Fsp3) is 0.588. The number of amides is 2. The van der Waals surface area contributed by atoms with E-state index in [0.29, 0.717) is 24.2 Å². The van der Waals surface area contributed by atoms with E-state index in [4.69, 9.17) is 21.4 Å². The molecule has 2 aliphatic carbocycles. The average molecular weight is 417 g/mol. The maximum Gasteiger partial charge on any atom is 0.490 e. The van der Waals surface area contributed by atoms with E-state index in [1.165, 1.54) is 0 Å². The highest BCUT2D eigenvalue weighted by Crippen LogP contribution is 2.50. The number of carbonyl (C=O) groups is 3. The number of nitrogens with zero attached hydrogens (tertiary/aromatic N) is 2. The summed E-state index contributed by atoms with van der Waals surface area (Å²) >= 11 is 0. The van der Waals surface area contributed by atoms with Crippen LogP contribution in [0.1, 0.15) is 50.9 Å². The summed E-state index contributed by atoms with van der Waals surface area (Å²) in [5.41, 5.74) is 10.6. The molecule has 0 saturated heterocycles. The number of hydrogen-bond acceptors (Lipinski definition) is 6. The number of hydrogen-bond donors (Lipinski definition) is 4. The Morgan fingerprint density at radius 3 is 1.90 bits per heavy atom. The third kappa shape index (κ3) is 5.00. The molecule has 1 heterocycles. The molecule has 0 aromatic carbocycles. The predicted molar refractivity (Wildman–Crippen MR) is 92.9 cm³/mol. The van der Waals surface area contributed by atoms with Crippen LogP contribution in [-0.2, 0) is 25.5 Å². The van der Waals surface area contributed by atoms with E-state index in [2.05, 4.69) is 15.5 Å². The van der Waals surface area contributed by atoms with Crippen molar-refractivity contribution in [3.63, 3.8) is 0 Å². The van der Waals surface area contributed by atoms with Crippen LogP contribution >= 0.6 is 0 Å². The maximum absolute atomic E-state index is 12.3. The van der Waals surface area contributed by atoms with Crippen molar-refractivity contribution in [3.05, 3.63) is 23.5 Å². The average Bonchev–Trinajstić information content (AvgIpc) is 3.48. The van der Waals surface area contributed by atoms with E-state index in [1.807, 2.05) is 26.0 Å². The number of rotatable bonds is 5. The van der Waals surface area contributed by atoms with Gasteiger partial charge in [-0.25, -0.2) is 4.79 Å². The molecule has 29 heavy (non-hydrogen) atoms. The number of aliphatic carboxylic acids is 1. The molecule has 0 aliphatic heterocycles. The number of halogens is 3. The number of nitrogens with one attached hydrogen (secondary N) is 1. The van der Waals surface area contributed by atoms with Crippen LogP contribution < -0.4 is 16.8 Å². The lowest BCUT2D eigenvalue weighted by Crippen LogP contribution is -2.45. The van der Waals surface area contributed by atoms with Gasteiger partial charge < -0.3 is 21.9 Å². The molecule has 0 unspecified atom stereocenters. The summed E-state index contributed by atoms with van der Waals surface area (Å²) in [6.45, 7) is 3.71. The van der Waals surface area contributed by atoms with Crippen molar-refractivity contribution >= 4 is 17.8 Å². The van der Waals surface area contributed by atoms with Gasteiger partial charge in [0.05, 0.1) is 22.5 Å².